The summed E-state index contributed by atoms with van der Waals surface area (Å²) in [5.41, 5.74) is 2.56. The molecule has 5 unspecified atom stereocenters. The minimum atomic E-state index is -0.339. The first-order valence-corrected chi connectivity index (χ1v) is 20.2. The number of amides is 5. The molecule has 0 spiro atoms. The van der Waals surface area contributed by atoms with Gasteiger partial charge in [-0.1, -0.05) is 62.8 Å². The predicted molar refractivity (Wildman–Crippen MR) is 217 cm³/mol. The summed E-state index contributed by atoms with van der Waals surface area (Å²) >= 11 is 0. The van der Waals surface area contributed by atoms with Crippen molar-refractivity contribution in [2.75, 3.05) is 13.6 Å². The van der Waals surface area contributed by atoms with E-state index in [1.165, 1.54) is 0 Å². The van der Waals surface area contributed by atoms with Gasteiger partial charge in [0.05, 0.1) is 6.61 Å². The van der Waals surface area contributed by atoms with E-state index in [9.17, 15) is 29.1 Å². The lowest BCUT2D eigenvalue weighted by molar-refractivity contribution is 0.0858. The molecule has 5 atom stereocenters. The van der Waals surface area contributed by atoms with Crippen molar-refractivity contribution >= 4 is 29.5 Å². The Bertz CT molecular complexity index is 1820. The van der Waals surface area contributed by atoms with Crippen molar-refractivity contribution in [2.45, 2.75) is 121 Å². The average molecular weight is 767 g/mol. The second kappa shape index (κ2) is 21.3. The van der Waals surface area contributed by atoms with Crippen LogP contribution in [0.25, 0.3) is 0 Å². The zero-order valence-electron chi connectivity index (χ0n) is 32.7. The molecule has 0 aliphatic heterocycles. The lowest BCUT2D eigenvalue weighted by atomic mass is 9.89. The first kappa shape index (κ1) is 42.1. The minimum Gasteiger partial charge on any atom is -0.392 e. The molecule has 5 rings (SSSR count). The van der Waals surface area contributed by atoms with E-state index in [4.69, 9.17) is 0 Å². The van der Waals surface area contributed by atoms with E-state index >= 15 is 0 Å². The number of rotatable bonds is 17. The minimum absolute atomic E-state index is 0.0165. The monoisotopic (exact) mass is 766 g/mol. The van der Waals surface area contributed by atoms with Gasteiger partial charge < -0.3 is 37.0 Å². The Labute approximate surface area is 330 Å². The molecule has 5 amide bonds. The Morgan fingerprint density at radius 2 is 0.964 bits per heavy atom. The Morgan fingerprint density at radius 3 is 1.38 bits per heavy atom. The summed E-state index contributed by atoms with van der Waals surface area (Å²) in [6.07, 6.45) is 10.5. The fraction of sp³-hybridized carbons (Fsp3) is 0.477. The van der Waals surface area contributed by atoms with Crippen LogP contribution in [0.15, 0.2) is 72.8 Å². The Morgan fingerprint density at radius 1 is 0.571 bits per heavy atom. The Kier molecular flexibility index (Phi) is 16.0. The molecular formula is C44H58N6O6. The third-order valence-electron chi connectivity index (χ3n) is 10.9. The molecule has 7 N–H and O–H groups in total. The van der Waals surface area contributed by atoms with Crippen molar-refractivity contribution in [1.29, 1.82) is 0 Å². The van der Waals surface area contributed by atoms with E-state index in [2.05, 4.69) is 31.9 Å². The Hall–Kier alpha value is -5.07. The van der Waals surface area contributed by atoms with Crippen molar-refractivity contribution in [3.63, 3.8) is 0 Å². The summed E-state index contributed by atoms with van der Waals surface area (Å²) in [4.78, 5) is 66.6. The SMILES string of the molecule is CNCCCCCC(C)NC(=O)c1cccc(C(=O)NC2CCCCC2NC(=O)c2cccc(C(=O)NC3CCCCC3NC(=O)c3cccc(CO)c3)c2)c1. The molecule has 0 radical (unpaired) electrons. The van der Waals surface area contributed by atoms with Crippen LogP contribution in [0.2, 0.25) is 0 Å². The zero-order chi connectivity index (χ0) is 39.9. The third kappa shape index (κ3) is 12.2. The number of carbonyl (C=O) groups excluding carboxylic acids is 5. The molecule has 2 aliphatic carbocycles. The van der Waals surface area contributed by atoms with E-state index in [1.54, 1.807) is 72.8 Å². The molecule has 300 valence electrons. The molecule has 3 aromatic carbocycles. The van der Waals surface area contributed by atoms with Crippen LogP contribution < -0.4 is 31.9 Å². The highest BCUT2D eigenvalue weighted by atomic mass is 16.3. The molecule has 56 heavy (non-hydrogen) atoms. The van der Waals surface area contributed by atoms with Crippen LogP contribution in [0, 0.1) is 0 Å². The van der Waals surface area contributed by atoms with E-state index in [-0.39, 0.29) is 66.4 Å². The van der Waals surface area contributed by atoms with Crippen LogP contribution in [0.5, 0.6) is 0 Å². The van der Waals surface area contributed by atoms with Crippen molar-refractivity contribution < 1.29 is 29.1 Å². The zero-order valence-corrected chi connectivity index (χ0v) is 32.7. The number of carbonyl (C=O) groups is 5. The van der Waals surface area contributed by atoms with Crippen molar-refractivity contribution in [1.82, 2.24) is 31.9 Å². The maximum atomic E-state index is 13.6. The van der Waals surface area contributed by atoms with Crippen molar-refractivity contribution in [3.8, 4) is 0 Å². The molecule has 0 saturated heterocycles. The van der Waals surface area contributed by atoms with Crippen molar-refractivity contribution in [2.24, 2.45) is 0 Å². The highest BCUT2D eigenvalue weighted by Crippen LogP contribution is 2.22. The number of aliphatic hydroxyl groups is 1. The second-order valence-electron chi connectivity index (χ2n) is 15.2. The second-order valence-corrected chi connectivity index (χ2v) is 15.2. The van der Waals surface area contributed by atoms with Gasteiger partial charge in [-0.05, 0) is 113 Å². The van der Waals surface area contributed by atoms with Gasteiger partial charge in [-0.3, -0.25) is 24.0 Å². The molecule has 2 fully saturated rings. The van der Waals surface area contributed by atoms with Gasteiger partial charge in [-0.25, -0.2) is 0 Å². The van der Waals surface area contributed by atoms with Gasteiger partial charge in [0.2, 0.25) is 0 Å². The lowest BCUT2D eigenvalue weighted by Crippen LogP contribution is -2.53. The lowest BCUT2D eigenvalue weighted by Gasteiger charge is -2.33. The smallest absolute Gasteiger partial charge is 0.251 e. The van der Waals surface area contributed by atoms with Crippen LogP contribution in [-0.2, 0) is 6.61 Å². The standard InChI is InChI=1S/C44H58N6O6/c1-29(13-4-3-9-24-45-2)46-40(52)32-16-11-17-33(26-32)42(54)49-38-22-7-8-23-39(38)50-44(56)35-19-12-18-34(27-35)43(55)48-37-21-6-5-20-36(37)47-41(53)31-15-10-14-30(25-31)28-51/h10-12,14-19,25-27,29,36-39,45,51H,3-9,13,20-24,28H2,1-2H3,(H,46,52)(H,47,53)(H,48,55)(H,49,54)(H,50,56). The van der Waals surface area contributed by atoms with Crippen LogP contribution in [0.4, 0.5) is 0 Å². The van der Waals surface area contributed by atoms with Crippen LogP contribution >= 0.6 is 0 Å². The maximum Gasteiger partial charge on any atom is 0.251 e. The van der Waals surface area contributed by atoms with Gasteiger partial charge in [0.1, 0.15) is 0 Å². The highest BCUT2D eigenvalue weighted by Gasteiger charge is 2.31. The summed E-state index contributed by atoms with van der Waals surface area (Å²) in [5, 5.41) is 28.0. The van der Waals surface area contributed by atoms with Crippen LogP contribution in [-0.4, -0.2) is 78.4 Å². The summed E-state index contributed by atoms with van der Waals surface area (Å²) in [6, 6.07) is 18.9. The number of hydrogen-bond donors (Lipinski definition) is 7. The number of unbranched alkanes of at least 4 members (excludes halogenated alkanes) is 2. The molecule has 12 nitrogen and oxygen atoms in total. The highest BCUT2D eigenvalue weighted by molar-refractivity contribution is 6.01. The van der Waals surface area contributed by atoms with Crippen LogP contribution in [0.3, 0.4) is 0 Å². The van der Waals surface area contributed by atoms with Crippen LogP contribution in [0.1, 0.15) is 141 Å². The molecule has 2 saturated carbocycles. The van der Waals surface area contributed by atoms with Gasteiger partial charge in [0.25, 0.3) is 29.5 Å². The maximum absolute atomic E-state index is 13.6. The Balaban J connectivity index is 1.15. The molecule has 3 aromatic rings. The first-order chi connectivity index (χ1) is 27.1. The molecule has 0 aromatic heterocycles. The summed E-state index contributed by atoms with van der Waals surface area (Å²) in [7, 11) is 1.94. The molecule has 12 heteroatoms. The summed E-state index contributed by atoms with van der Waals surface area (Å²) < 4.78 is 0. The van der Waals surface area contributed by atoms with E-state index in [0.29, 0.717) is 52.6 Å². The quantitative estimate of drug-likeness (QED) is 0.0944. The number of benzene rings is 3. The predicted octanol–water partition coefficient (Wildman–Crippen LogP) is 5.02. The summed E-state index contributed by atoms with van der Waals surface area (Å²) in [6.45, 7) is 2.82. The molecular weight excluding hydrogens is 709 g/mol. The molecule has 0 bridgehead atoms. The molecule has 2 aliphatic rings. The van der Waals surface area contributed by atoms with E-state index < -0.39 is 0 Å². The van der Waals surface area contributed by atoms with Crippen molar-refractivity contribution in [3.05, 3.63) is 106 Å². The average Bonchev–Trinajstić information content (AvgIpc) is 3.22. The number of nitrogens with one attached hydrogen (secondary N) is 6. The normalized spacial score (nSPS) is 19.9. The fourth-order valence-electron chi connectivity index (χ4n) is 7.68. The summed E-state index contributed by atoms with van der Waals surface area (Å²) in [5.74, 6) is -1.45. The van der Waals surface area contributed by atoms with Gasteiger partial charge in [-0.15, -0.1) is 0 Å². The fourth-order valence-corrected chi connectivity index (χ4v) is 7.68. The van der Waals surface area contributed by atoms with Gasteiger partial charge in [0.15, 0.2) is 0 Å². The molecule has 0 heterocycles. The van der Waals surface area contributed by atoms with Gasteiger partial charge >= 0.3 is 0 Å². The number of aliphatic hydroxyl groups excluding tert-OH is 1. The third-order valence-corrected chi connectivity index (χ3v) is 10.9. The van der Waals surface area contributed by atoms with Gasteiger partial charge in [0, 0.05) is 58.0 Å². The topological polar surface area (TPSA) is 178 Å². The van der Waals surface area contributed by atoms with E-state index in [0.717, 1.165) is 64.3 Å². The first-order valence-electron chi connectivity index (χ1n) is 20.2. The largest absolute Gasteiger partial charge is 0.392 e. The van der Waals surface area contributed by atoms with E-state index in [1.807, 2.05) is 14.0 Å². The number of hydrogen-bond acceptors (Lipinski definition) is 7. The van der Waals surface area contributed by atoms with Gasteiger partial charge in [-0.2, -0.15) is 0 Å².